The Morgan fingerprint density at radius 2 is 1.59 bits per heavy atom. The van der Waals surface area contributed by atoms with Gasteiger partial charge in [0, 0.05) is 28.7 Å². The molecule has 2 amide bonds. The molecule has 3 aromatic carbocycles. The van der Waals surface area contributed by atoms with Crippen LogP contribution in [0.5, 0.6) is 17.2 Å². The summed E-state index contributed by atoms with van der Waals surface area (Å²) < 4.78 is 11.1. The van der Waals surface area contributed by atoms with Gasteiger partial charge in [-0.15, -0.1) is 0 Å². The highest BCUT2D eigenvalue weighted by Crippen LogP contribution is 2.35. The number of hydrogen-bond donors (Lipinski definition) is 1. The molecule has 1 N–H and O–H groups in total. The number of amides is 2. The first-order chi connectivity index (χ1) is 15.4. The van der Waals surface area contributed by atoms with Crippen molar-refractivity contribution in [2.24, 2.45) is 5.92 Å². The van der Waals surface area contributed by atoms with Crippen LogP contribution >= 0.6 is 23.2 Å². The van der Waals surface area contributed by atoms with Gasteiger partial charge >= 0.3 is 0 Å². The zero-order valence-corrected chi connectivity index (χ0v) is 18.7. The van der Waals surface area contributed by atoms with E-state index in [0.717, 1.165) is 0 Å². The first-order valence-corrected chi connectivity index (χ1v) is 10.7. The van der Waals surface area contributed by atoms with Crippen LogP contribution in [0.15, 0.2) is 66.7 Å². The van der Waals surface area contributed by atoms with Gasteiger partial charge < -0.3 is 19.7 Å². The minimum atomic E-state index is -0.490. The number of nitrogens with zero attached hydrogens (tertiary/aromatic N) is 1. The Balaban J connectivity index is 1.39. The summed E-state index contributed by atoms with van der Waals surface area (Å²) >= 11 is 12.0. The maximum atomic E-state index is 12.8. The quantitative estimate of drug-likeness (QED) is 0.495. The van der Waals surface area contributed by atoms with Crippen LogP contribution in [-0.2, 0) is 9.59 Å². The molecule has 1 aliphatic rings. The summed E-state index contributed by atoms with van der Waals surface area (Å²) in [5.41, 5.74) is 1.17. The van der Waals surface area contributed by atoms with Crippen LogP contribution in [0.3, 0.4) is 0 Å². The van der Waals surface area contributed by atoms with Gasteiger partial charge in [-0.05, 0) is 66.7 Å². The summed E-state index contributed by atoms with van der Waals surface area (Å²) in [6, 6.07) is 19.1. The Hall–Kier alpha value is -3.22. The molecule has 0 unspecified atom stereocenters. The van der Waals surface area contributed by atoms with Crippen molar-refractivity contribution >= 4 is 46.4 Å². The fourth-order valence-corrected chi connectivity index (χ4v) is 3.77. The van der Waals surface area contributed by atoms with E-state index in [9.17, 15) is 9.59 Å². The lowest BCUT2D eigenvalue weighted by atomic mass is 10.1. The largest absolute Gasteiger partial charge is 0.495 e. The molecule has 1 saturated heterocycles. The molecule has 8 heteroatoms. The van der Waals surface area contributed by atoms with Crippen LogP contribution in [0.1, 0.15) is 6.42 Å². The average molecular weight is 471 g/mol. The number of halogens is 2. The van der Waals surface area contributed by atoms with Crippen LogP contribution < -0.4 is 19.7 Å². The van der Waals surface area contributed by atoms with Gasteiger partial charge in [-0.1, -0.05) is 23.2 Å². The molecule has 1 heterocycles. The van der Waals surface area contributed by atoms with Gasteiger partial charge in [0.05, 0.1) is 18.7 Å². The summed E-state index contributed by atoms with van der Waals surface area (Å²) in [6.07, 6.45) is 0.110. The lowest BCUT2D eigenvalue weighted by molar-refractivity contribution is -0.122. The minimum absolute atomic E-state index is 0.110. The summed E-state index contributed by atoms with van der Waals surface area (Å²) in [6.45, 7) is 0.249. The van der Waals surface area contributed by atoms with Gasteiger partial charge in [0.2, 0.25) is 11.8 Å². The van der Waals surface area contributed by atoms with E-state index in [2.05, 4.69) is 5.32 Å². The molecular formula is C24H20Cl2N2O4. The number of carbonyl (C=O) groups is 2. The smallest absolute Gasteiger partial charge is 0.229 e. The van der Waals surface area contributed by atoms with Gasteiger partial charge in [-0.3, -0.25) is 9.59 Å². The first-order valence-electron chi connectivity index (χ1n) is 9.91. The highest BCUT2D eigenvalue weighted by molar-refractivity contribution is 6.31. The van der Waals surface area contributed by atoms with E-state index in [-0.39, 0.29) is 24.8 Å². The highest BCUT2D eigenvalue weighted by Gasteiger charge is 2.36. The van der Waals surface area contributed by atoms with Crippen molar-refractivity contribution in [3.63, 3.8) is 0 Å². The Morgan fingerprint density at radius 1 is 0.969 bits per heavy atom. The van der Waals surface area contributed by atoms with E-state index in [1.54, 1.807) is 66.7 Å². The summed E-state index contributed by atoms with van der Waals surface area (Å²) in [7, 11) is 1.53. The molecule has 32 heavy (non-hydrogen) atoms. The Morgan fingerprint density at radius 3 is 2.25 bits per heavy atom. The second-order valence-electron chi connectivity index (χ2n) is 7.29. The van der Waals surface area contributed by atoms with E-state index in [1.807, 2.05) is 0 Å². The molecule has 3 aromatic rings. The number of hydrogen-bond acceptors (Lipinski definition) is 4. The second-order valence-corrected chi connectivity index (χ2v) is 8.16. The maximum Gasteiger partial charge on any atom is 0.229 e. The first kappa shape index (κ1) is 22.0. The fourth-order valence-electron chi connectivity index (χ4n) is 3.48. The molecule has 1 fully saturated rings. The number of methoxy groups -OCH3 is 1. The van der Waals surface area contributed by atoms with Gasteiger partial charge in [0.25, 0.3) is 0 Å². The molecule has 0 aromatic heterocycles. The number of ether oxygens (including phenoxy) is 2. The third-order valence-corrected chi connectivity index (χ3v) is 5.59. The number of rotatable bonds is 6. The van der Waals surface area contributed by atoms with E-state index in [0.29, 0.717) is 38.7 Å². The zero-order valence-electron chi connectivity index (χ0n) is 17.2. The normalized spacial score (nSPS) is 15.5. The van der Waals surface area contributed by atoms with Crippen LogP contribution in [0.2, 0.25) is 10.0 Å². The van der Waals surface area contributed by atoms with E-state index < -0.39 is 5.92 Å². The fraction of sp³-hybridized carbons (Fsp3) is 0.167. The molecule has 0 bridgehead atoms. The standard InChI is InChI=1S/C24H20Cl2N2O4/c1-31-22-11-4-17(26)13-21(22)28-14-15(12-23(28)29)24(30)27-18-5-9-20(10-6-18)32-19-7-2-16(25)3-8-19/h2-11,13,15H,12,14H2,1H3,(H,27,30)/t15-/m0/s1. The predicted molar refractivity (Wildman–Crippen MR) is 125 cm³/mol. The lowest BCUT2D eigenvalue weighted by Gasteiger charge is -2.20. The van der Waals surface area contributed by atoms with Crippen molar-refractivity contribution in [1.29, 1.82) is 0 Å². The van der Waals surface area contributed by atoms with Gasteiger partial charge in [0.15, 0.2) is 0 Å². The van der Waals surface area contributed by atoms with Gasteiger partial charge in [0.1, 0.15) is 17.2 Å². The molecule has 1 atom stereocenters. The lowest BCUT2D eigenvalue weighted by Crippen LogP contribution is -2.28. The van der Waals surface area contributed by atoms with Crippen LogP contribution in [0, 0.1) is 5.92 Å². The van der Waals surface area contributed by atoms with Crippen molar-refractivity contribution in [2.45, 2.75) is 6.42 Å². The van der Waals surface area contributed by atoms with E-state index >= 15 is 0 Å². The number of nitrogens with one attached hydrogen (secondary N) is 1. The summed E-state index contributed by atoms with van der Waals surface area (Å²) in [5.74, 6) is 0.940. The summed E-state index contributed by atoms with van der Waals surface area (Å²) in [5, 5.41) is 3.99. The van der Waals surface area contributed by atoms with Crippen LogP contribution in [-0.4, -0.2) is 25.5 Å². The molecule has 0 spiro atoms. The highest BCUT2D eigenvalue weighted by atomic mass is 35.5. The third kappa shape index (κ3) is 4.98. The average Bonchev–Trinajstić information content (AvgIpc) is 3.18. The maximum absolute atomic E-state index is 12.8. The van der Waals surface area contributed by atoms with Gasteiger partial charge in [-0.2, -0.15) is 0 Å². The monoisotopic (exact) mass is 470 g/mol. The summed E-state index contributed by atoms with van der Waals surface area (Å²) in [4.78, 5) is 26.9. The molecule has 0 aliphatic carbocycles. The van der Waals surface area contributed by atoms with Crippen molar-refractivity contribution in [2.75, 3.05) is 23.9 Å². The zero-order chi connectivity index (χ0) is 22.7. The topological polar surface area (TPSA) is 67.9 Å². The molecule has 1 aliphatic heterocycles. The van der Waals surface area contributed by atoms with E-state index in [4.69, 9.17) is 32.7 Å². The van der Waals surface area contributed by atoms with E-state index in [1.165, 1.54) is 12.0 Å². The minimum Gasteiger partial charge on any atom is -0.495 e. The Kier molecular flexibility index (Phi) is 6.53. The van der Waals surface area contributed by atoms with Crippen LogP contribution in [0.25, 0.3) is 0 Å². The SMILES string of the molecule is COc1ccc(Cl)cc1N1C[C@@H](C(=O)Nc2ccc(Oc3ccc(Cl)cc3)cc2)CC1=O. The predicted octanol–water partition coefficient (Wildman–Crippen LogP) is 5.79. The second kappa shape index (κ2) is 9.51. The van der Waals surface area contributed by atoms with Crippen molar-refractivity contribution in [3.8, 4) is 17.2 Å². The third-order valence-electron chi connectivity index (χ3n) is 5.10. The number of anilines is 2. The number of benzene rings is 3. The Labute approximate surface area is 195 Å². The van der Waals surface area contributed by atoms with Crippen molar-refractivity contribution in [3.05, 3.63) is 76.8 Å². The Bertz CT molecular complexity index is 1130. The molecule has 6 nitrogen and oxygen atoms in total. The molecule has 0 radical (unpaired) electrons. The van der Waals surface area contributed by atoms with Gasteiger partial charge in [-0.25, -0.2) is 0 Å². The number of carbonyl (C=O) groups excluding carboxylic acids is 2. The molecule has 164 valence electrons. The molecule has 0 saturated carbocycles. The van der Waals surface area contributed by atoms with Crippen LogP contribution in [0.4, 0.5) is 11.4 Å². The molecular weight excluding hydrogens is 451 g/mol. The van der Waals surface area contributed by atoms with Crippen molar-refractivity contribution < 1.29 is 19.1 Å². The molecule has 4 rings (SSSR count). The van der Waals surface area contributed by atoms with Crippen molar-refractivity contribution in [1.82, 2.24) is 0 Å².